The maximum atomic E-state index is 10.7. The molecule has 0 aromatic carbocycles. The fourth-order valence-corrected chi connectivity index (χ4v) is 0.469. The number of hydrogen-bond donors (Lipinski definition) is 2. The van der Waals surface area contributed by atoms with Gasteiger partial charge in [0.25, 0.3) is 0 Å². The van der Waals surface area contributed by atoms with Crippen LogP contribution in [0.5, 0.6) is 0 Å². The Morgan fingerprint density at radius 2 is 2.20 bits per heavy atom. The molecule has 2 N–H and O–H groups in total. The Balaban J connectivity index is 3.31. The SMILES string of the molecule is C=C(C)C(=O)NCCNCl. The number of carbonyl (C=O) groups excluding carboxylic acids is 1. The Hall–Kier alpha value is -0.540. The molecular weight excluding hydrogens is 152 g/mol. The van der Waals surface area contributed by atoms with E-state index in [1.165, 1.54) is 0 Å². The summed E-state index contributed by atoms with van der Waals surface area (Å²) in [6.45, 7) is 6.20. The van der Waals surface area contributed by atoms with Crippen LogP contribution in [0.4, 0.5) is 0 Å². The van der Waals surface area contributed by atoms with Crippen LogP contribution in [0, 0.1) is 0 Å². The van der Waals surface area contributed by atoms with Gasteiger partial charge in [0.2, 0.25) is 5.91 Å². The van der Waals surface area contributed by atoms with Crippen LogP contribution in [0.15, 0.2) is 12.2 Å². The molecule has 4 heteroatoms. The van der Waals surface area contributed by atoms with Gasteiger partial charge in [0.05, 0.1) is 0 Å². The number of amides is 1. The first-order valence-electron chi connectivity index (χ1n) is 2.95. The van der Waals surface area contributed by atoms with Crippen molar-refractivity contribution in [1.29, 1.82) is 0 Å². The van der Waals surface area contributed by atoms with E-state index in [4.69, 9.17) is 11.8 Å². The summed E-state index contributed by atoms with van der Waals surface area (Å²) in [5, 5.41) is 2.60. The van der Waals surface area contributed by atoms with Crippen LogP contribution >= 0.6 is 11.8 Å². The lowest BCUT2D eigenvalue weighted by molar-refractivity contribution is -0.117. The number of nitrogens with one attached hydrogen (secondary N) is 2. The maximum Gasteiger partial charge on any atom is 0.246 e. The van der Waals surface area contributed by atoms with E-state index < -0.39 is 0 Å². The van der Waals surface area contributed by atoms with E-state index in [2.05, 4.69) is 16.7 Å². The van der Waals surface area contributed by atoms with E-state index in [0.717, 1.165) is 0 Å². The first kappa shape index (κ1) is 9.46. The largest absolute Gasteiger partial charge is 0.351 e. The first-order chi connectivity index (χ1) is 4.68. The lowest BCUT2D eigenvalue weighted by Crippen LogP contribution is -2.29. The predicted molar refractivity (Wildman–Crippen MR) is 41.7 cm³/mol. The summed E-state index contributed by atoms with van der Waals surface area (Å²) in [6, 6.07) is 0. The normalized spacial score (nSPS) is 9.00. The Bertz CT molecular complexity index is 136. The van der Waals surface area contributed by atoms with Gasteiger partial charge in [0.15, 0.2) is 0 Å². The zero-order chi connectivity index (χ0) is 7.98. The fourth-order valence-electron chi connectivity index (χ4n) is 0.374. The summed E-state index contributed by atoms with van der Waals surface area (Å²) in [4.78, 5) is 13.1. The minimum absolute atomic E-state index is 0.132. The summed E-state index contributed by atoms with van der Waals surface area (Å²) < 4.78 is 0. The zero-order valence-corrected chi connectivity index (χ0v) is 6.66. The van der Waals surface area contributed by atoms with Crippen molar-refractivity contribution >= 4 is 17.7 Å². The molecule has 3 nitrogen and oxygen atoms in total. The third-order valence-electron chi connectivity index (χ3n) is 0.893. The van der Waals surface area contributed by atoms with Crippen LogP contribution in [0.25, 0.3) is 0 Å². The smallest absolute Gasteiger partial charge is 0.246 e. The molecule has 0 saturated carbocycles. The molecule has 0 unspecified atom stereocenters. The van der Waals surface area contributed by atoms with Crippen molar-refractivity contribution < 1.29 is 4.79 Å². The maximum absolute atomic E-state index is 10.7. The van der Waals surface area contributed by atoms with E-state index in [0.29, 0.717) is 18.7 Å². The summed E-state index contributed by atoms with van der Waals surface area (Å²) in [7, 11) is 0. The van der Waals surface area contributed by atoms with Crippen LogP contribution in [0.3, 0.4) is 0 Å². The average Bonchev–Trinajstić information content (AvgIpc) is 1.88. The number of hydrogen-bond acceptors (Lipinski definition) is 2. The lowest BCUT2D eigenvalue weighted by Gasteiger charge is -2.01. The van der Waals surface area contributed by atoms with E-state index >= 15 is 0 Å². The van der Waals surface area contributed by atoms with Gasteiger partial charge in [-0.1, -0.05) is 6.58 Å². The molecule has 0 aromatic heterocycles. The molecule has 0 heterocycles. The van der Waals surface area contributed by atoms with Crippen molar-refractivity contribution in [3.8, 4) is 0 Å². The molecule has 0 saturated heterocycles. The predicted octanol–water partition coefficient (Wildman–Crippen LogP) is 0.422. The summed E-state index contributed by atoms with van der Waals surface area (Å²) >= 11 is 5.14. The second-order valence-corrected chi connectivity index (χ2v) is 2.19. The van der Waals surface area contributed by atoms with Gasteiger partial charge in [-0.2, -0.15) is 0 Å². The monoisotopic (exact) mass is 162 g/mol. The van der Waals surface area contributed by atoms with E-state index in [9.17, 15) is 4.79 Å². The fraction of sp³-hybridized carbons (Fsp3) is 0.500. The van der Waals surface area contributed by atoms with Gasteiger partial charge in [-0.25, -0.2) is 4.84 Å². The molecule has 0 fully saturated rings. The molecule has 58 valence electrons. The van der Waals surface area contributed by atoms with Gasteiger partial charge in [0, 0.05) is 18.7 Å². The van der Waals surface area contributed by atoms with Gasteiger partial charge in [-0.3, -0.25) is 4.79 Å². The average molecular weight is 163 g/mol. The molecule has 0 aromatic rings. The molecule has 0 aliphatic rings. The van der Waals surface area contributed by atoms with E-state index in [1.54, 1.807) is 6.92 Å². The van der Waals surface area contributed by atoms with Crippen LogP contribution in [-0.4, -0.2) is 19.0 Å². The Morgan fingerprint density at radius 1 is 1.60 bits per heavy atom. The van der Waals surface area contributed by atoms with Gasteiger partial charge in [-0.15, -0.1) is 0 Å². The minimum Gasteiger partial charge on any atom is -0.351 e. The first-order valence-corrected chi connectivity index (χ1v) is 3.33. The highest BCUT2D eigenvalue weighted by atomic mass is 35.5. The lowest BCUT2D eigenvalue weighted by atomic mass is 10.3. The molecular formula is C6H11ClN2O. The highest BCUT2D eigenvalue weighted by Crippen LogP contribution is 1.83. The van der Waals surface area contributed by atoms with Crippen LogP contribution in [0.1, 0.15) is 6.92 Å². The van der Waals surface area contributed by atoms with Gasteiger partial charge >= 0.3 is 0 Å². The third-order valence-corrected chi connectivity index (χ3v) is 1.08. The number of halogens is 1. The molecule has 0 bridgehead atoms. The molecule has 0 spiro atoms. The topological polar surface area (TPSA) is 41.1 Å². The molecule has 0 atom stereocenters. The van der Waals surface area contributed by atoms with Crippen molar-refractivity contribution in [2.45, 2.75) is 6.92 Å². The standard InChI is InChI=1S/C6H11ClN2O/c1-5(2)6(10)8-3-4-9-7/h9H,1,3-4H2,2H3,(H,8,10). The van der Waals surface area contributed by atoms with Crippen molar-refractivity contribution in [3.05, 3.63) is 12.2 Å². The summed E-state index contributed by atoms with van der Waals surface area (Å²) in [6.07, 6.45) is 0. The van der Waals surface area contributed by atoms with Crippen LogP contribution in [0.2, 0.25) is 0 Å². The second-order valence-electron chi connectivity index (χ2n) is 1.92. The number of rotatable bonds is 4. The highest BCUT2D eigenvalue weighted by Gasteiger charge is 1.97. The molecule has 10 heavy (non-hydrogen) atoms. The Kier molecular flexibility index (Phi) is 4.98. The van der Waals surface area contributed by atoms with E-state index in [1.807, 2.05) is 0 Å². The summed E-state index contributed by atoms with van der Waals surface area (Å²) in [5.41, 5.74) is 0.509. The molecule has 0 aliphatic carbocycles. The van der Waals surface area contributed by atoms with Crippen molar-refractivity contribution in [2.24, 2.45) is 0 Å². The summed E-state index contributed by atoms with van der Waals surface area (Å²) in [5.74, 6) is -0.132. The molecule has 0 rings (SSSR count). The van der Waals surface area contributed by atoms with Crippen LogP contribution in [-0.2, 0) is 4.79 Å². The second kappa shape index (κ2) is 5.26. The Labute approximate surface area is 65.6 Å². The van der Waals surface area contributed by atoms with Crippen molar-refractivity contribution in [2.75, 3.05) is 13.1 Å². The van der Waals surface area contributed by atoms with E-state index in [-0.39, 0.29) is 5.91 Å². The molecule has 0 radical (unpaired) electrons. The van der Waals surface area contributed by atoms with Gasteiger partial charge in [0.1, 0.15) is 0 Å². The highest BCUT2D eigenvalue weighted by molar-refractivity contribution is 6.13. The third kappa shape index (κ3) is 4.35. The Morgan fingerprint density at radius 3 is 2.60 bits per heavy atom. The van der Waals surface area contributed by atoms with Gasteiger partial charge in [-0.05, 0) is 18.7 Å². The van der Waals surface area contributed by atoms with Crippen LogP contribution < -0.4 is 10.2 Å². The molecule has 1 amide bonds. The van der Waals surface area contributed by atoms with Gasteiger partial charge < -0.3 is 5.32 Å². The van der Waals surface area contributed by atoms with Crippen molar-refractivity contribution in [3.63, 3.8) is 0 Å². The minimum atomic E-state index is -0.132. The zero-order valence-electron chi connectivity index (χ0n) is 5.91. The molecule has 0 aliphatic heterocycles. The number of carbonyl (C=O) groups is 1. The quantitative estimate of drug-likeness (QED) is 0.358. The van der Waals surface area contributed by atoms with Crippen molar-refractivity contribution in [1.82, 2.24) is 10.2 Å².